The van der Waals surface area contributed by atoms with E-state index in [-0.39, 0.29) is 12.1 Å². The maximum Gasteiger partial charge on any atom is 0.154 e. The van der Waals surface area contributed by atoms with Gasteiger partial charge in [0.1, 0.15) is 35.4 Å². The van der Waals surface area contributed by atoms with Crippen LogP contribution < -0.4 is 9.64 Å². The number of nitrogens with zero attached hydrogens (tertiary/aromatic N) is 6. The highest BCUT2D eigenvalue weighted by Gasteiger charge is 2.30. The Morgan fingerprint density at radius 3 is 2.78 bits per heavy atom. The minimum absolute atomic E-state index is 0.111. The molecule has 0 spiro atoms. The summed E-state index contributed by atoms with van der Waals surface area (Å²) in [6.07, 6.45) is 3.17. The van der Waals surface area contributed by atoms with Gasteiger partial charge in [0.15, 0.2) is 5.65 Å². The quantitative estimate of drug-likeness (QED) is 0.345. The van der Waals surface area contributed by atoms with Gasteiger partial charge >= 0.3 is 0 Å². The third-order valence-electron chi connectivity index (χ3n) is 6.56. The standard InChI is InChI=1S/C28H28F2N6O/c1-18(17-34(2)3)37-26-13-19(6-7-20(26)15-31)25-16-32-27-10-11-28(33-36(25)27)35-12-4-5-24(35)22-14-21(29)8-9-23(22)30/h6-11,13-14,16,18,24H,4-5,12,17H2,1-3H3. The summed E-state index contributed by atoms with van der Waals surface area (Å²) >= 11 is 0. The zero-order chi connectivity index (χ0) is 26.1. The molecule has 1 aliphatic rings. The van der Waals surface area contributed by atoms with Crippen LogP contribution in [0, 0.1) is 23.0 Å². The lowest BCUT2D eigenvalue weighted by Gasteiger charge is -2.26. The van der Waals surface area contributed by atoms with Crippen LogP contribution >= 0.6 is 0 Å². The molecule has 0 amide bonds. The number of nitriles is 1. The number of likely N-dealkylation sites (N-methyl/N-ethyl adjacent to an activating group) is 1. The van der Waals surface area contributed by atoms with Crippen LogP contribution in [-0.2, 0) is 0 Å². The summed E-state index contributed by atoms with van der Waals surface area (Å²) in [7, 11) is 3.94. The summed E-state index contributed by atoms with van der Waals surface area (Å²) in [5, 5.41) is 14.4. The maximum atomic E-state index is 14.6. The normalized spacial score (nSPS) is 16.4. The maximum absolute atomic E-state index is 14.6. The zero-order valence-corrected chi connectivity index (χ0v) is 21.0. The van der Waals surface area contributed by atoms with Crippen LogP contribution in [-0.4, -0.2) is 52.8 Å². The van der Waals surface area contributed by atoms with Crippen LogP contribution in [0.2, 0.25) is 0 Å². The van der Waals surface area contributed by atoms with Gasteiger partial charge in [-0.3, -0.25) is 0 Å². The molecule has 2 unspecified atom stereocenters. The number of rotatable bonds is 7. The molecule has 9 heteroatoms. The first-order valence-electron chi connectivity index (χ1n) is 12.3. The second-order valence-electron chi connectivity index (χ2n) is 9.64. The van der Waals surface area contributed by atoms with Gasteiger partial charge in [0, 0.05) is 24.2 Å². The first-order chi connectivity index (χ1) is 17.8. The second-order valence-corrected chi connectivity index (χ2v) is 9.64. The molecule has 5 rings (SSSR count). The first kappa shape index (κ1) is 24.7. The van der Waals surface area contributed by atoms with Crippen LogP contribution in [0.5, 0.6) is 5.75 Å². The fourth-order valence-electron chi connectivity index (χ4n) is 4.99. The lowest BCUT2D eigenvalue weighted by molar-refractivity contribution is 0.176. The highest BCUT2D eigenvalue weighted by Crippen LogP contribution is 2.37. The monoisotopic (exact) mass is 502 g/mol. The van der Waals surface area contributed by atoms with Gasteiger partial charge in [0.05, 0.1) is 23.5 Å². The fourth-order valence-corrected chi connectivity index (χ4v) is 4.99. The third kappa shape index (κ3) is 4.98. The lowest BCUT2D eigenvalue weighted by Crippen LogP contribution is -2.28. The van der Waals surface area contributed by atoms with Gasteiger partial charge in [-0.25, -0.2) is 18.3 Å². The summed E-state index contributed by atoms with van der Waals surface area (Å²) in [6.45, 7) is 3.35. The van der Waals surface area contributed by atoms with Crippen molar-refractivity contribution in [1.82, 2.24) is 19.5 Å². The van der Waals surface area contributed by atoms with Crippen molar-refractivity contribution in [2.45, 2.75) is 31.9 Å². The second kappa shape index (κ2) is 10.1. The fraction of sp³-hybridized carbons (Fsp3) is 0.321. The van der Waals surface area contributed by atoms with E-state index in [1.807, 2.05) is 55.1 Å². The molecule has 190 valence electrons. The van der Waals surface area contributed by atoms with E-state index >= 15 is 0 Å². The molecular weight excluding hydrogens is 474 g/mol. The van der Waals surface area contributed by atoms with E-state index in [0.717, 1.165) is 23.7 Å². The average molecular weight is 503 g/mol. The minimum atomic E-state index is -0.456. The third-order valence-corrected chi connectivity index (χ3v) is 6.56. The zero-order valence-electron chi connectivity index (χ0n) is 21.0. The molecule has 7 nitrogen and oxygen atoms in total. The summed E-state index contributed by atoms with van der Waals surface area (Å²) in [5.74, 6) is 0.280. The van der Waals surface area contributed by atoms with E-state index < -0.39 is 11.6 Å². The molecule has 0 bridgehead atoms. The molecule has 2 aromatic carbocycles. The van der Waals surface area contributed by atoms with E-state index in [2.05, 4.69) is 11.1 Å². The van der Waals surface area contributed by atoms with Gasteiger partial charge in [0.2, 0.25) is 0 Å². The smallest absolute Gasteiger partial charge is 0.154 e. The largest absolute Gasteiger partial charge is 0.488 e. The van der Waals surface area contributed by atoms with Crippen LogP contribution in [0.25, 0.3) is 16.9 Å². The van der Waals surface area contributed by atoms with Crippen molar-refractivity contribution in [3.05, 3.63) is 77.5 Å². The summed E-state index contributed by atoms with van der Waals surface area (Å²) in [5.41, 5.74) is 2.98. The summed E-state index contributed by atoms with van der Waals surface area (Å²) in [4.78, 5) is 8.53. The van der Waals surface area contributed by atoms with Gasteiger partial charge < -0.3 is 14.5 Å². The molecule has 1 aliphatic heterocycles. The van der Waals surface area contributed by atoms with E-state index in [9.17, 15) is 14.0 Å². The van der Waals surface area contributed by atoms with Crippen molar-refractivity contribution in [1.29, 1.82) is 5.26 Å². The predicted octanol–water partition coefficient (Wildman–Crippen LogP) is 5.22. The Balaban J connectivity index is 1.51. The van der Waals surface area contributed by atoms with Crippen molar-refractivity contribution in [3.63, 3.8) is 0 Å². The molecule has 0 N–H and O–H groups in total. The van der Waals surface area contributed by atoms with Gasteiger partial charge in [0.25, 0.3) is 0 Å². The molecule has 0 radical (unpaired) electrons. The molecule has 1 fully saturated rings. The Bertz CT molecular complexity index is 1480. The van der Waals surface area contributed by atoms with Crippen molar-refractivity contribution in [3.8, 4) is 23.1 Å². The Morgan fingerprint density at radius 1 is 1.16 bits per heavy atom. The summed E-state index contributed by atoms with van der Waals surface area (Å²) < 4.78 is 36.3. The summed E-state index contributed by atoms with van der Waals surface area (Å²) in [6, 6.07) is 14.6. The number of benzene rings is 2. The minimum Gasteiger partial charge on any atom is -0.488 e. The Morgan fingerprint density at radius 2 is 2.00 bits per heavy atom. The van der Waals surface area contributed by atoms with Gasteiger partial charge in [-0.1, -0.05) is 6.07 Å². The predicted molar refractivity (Wildman–Crippen MR) is 137 cm³/mol. The number of hydrogen-bond acceptors (Lipinski definition) is 6. The van der Waals surface area contributed by atoms with Crippen molar-refractivity contribution in [2.24, 2.45) is 0 Å². The number of anilines is 1. The van der Waals surface area contributed by atoms with Gasteiger partial charge in [-0.05, 0) is 76.3 Å². The van der Waals surface area contributed by atoms with E-state index in [4.69, 9.17) is 9.84 Å². The number of ether oxygens (including phenoxy) is 1. The van der Waals surface area contributed by atoms with Crippen molar-refractivity contribution < 1.29 is 13.5 Å². The lowest BCUT2D eigenvalue weighted by atomic mass is 10.0. The average Bonchev–Trinajstić information content (AvgIpc) is 3.52. The highest BCUT2D eigenvalue weighted by atomic mass is 19.1. The molecule has 2 atom stereocenters. The molecule has 37 heavy (non-hydrogen) atoms. The van der Waals surface area contributed by atoms with Crippen molar-refractivity contribution in [2.75, 3.05) is 32.1 Å². The van der Waals surface area contributed by atoms with Crippen LogP contribution in [0.3, 0.4) is 0 Å². The number of halogens is 2. The number of imidazole rings is 1. The highest BCUT2D eigenvalue weighted by molar-refractivity contribution is 5.67. The van der Waals surface area contributed by atoms with Gasteiger partial charge in [-0.15, -0.1) is 5.10 Å². The number of aromatic nitrogens is 3. The molecular formula is C28H28F2N6O. The molecule has 1 saturated heterocycles. The topological polar surface area (TPSA) is 69.7 Å². The molecule has 3 heterocycles. The van der Waals surface area contributed by atoms with Crippen LogP contribution in [0.4, 0.5) is 14.6 Å². The molecule has 0 aliphatic carbocycles. The van der Waals surface area contributed by atoms with Crippen molar-refractivity contribution >= 4 is 11.5 Å². The number of fused-ring (bicyclic) bond motifs is 1. The van der Waals surface area contributed by atoms with Gasteiger partial charge in [-0.2, -0.15) is 5.26 Å². The van der Waals surface area contributed by atoms with E-state index in [0.29, 0.717) is 47.9 Å². The Kier molecular flexibility index (Phi) is 6.76. The first-order valence-corrected chi connectivity index (χ1v) is 12.3. The Labute approximate surface area is 214 Å². The van der Waals surface area contributed by atoms with E-state index in [1.165, 1.54) is 12.1 Å². The molecule has 0 saturated carbocycles. The van der Waals surface area contributed by atoms with Crippen LogP contribution in [0.15, 0.2) is 54.7 Å². The van der Waals surface area contributed by atoms with Crippen LogP contribution in [0.1, 0.15) is 36.9 Å². The molecule has 2 aromatic heterocycles. The number of hydrogen-bond donors (Lipinski definition) is 0. The SMILES string of the molecule is CC(CN(C)C)Oc1cc(-c2cnc3ccc(N4CCCC4c4cc(F)ccc4F)nn23)ccc1C#N. The Hall–Kier alpha value is -4.03. The van der Waals surface area contributed by atoms with E-state index in [1.54, 1.807) is 16.8 Å². The molecule has 4 aromatic rings.